The van der Waals surface area contributed by atoms with Gasteiger partial charge in [-0.25, -0.2) is 13.1 Å². The lowest BCUT2D eigenvalue weighted by Crippen LogP contribution is -2.29. The van der Waals surface area contributed by atoms with E-state index >= 15 is 0 Å². The first-order valence-corrected chi connectivity index (χ1v) is 7.63. The van der Waals surface area contributed by atoms with E-state index in [0.29, 0.717) is 12.1 Å². The molecule has 0 saturated heterocycles. The molecule has 0 atom stereocenters. The first-order chi connectivity index (χ1) is 8.95. The normalized spacial score (nSPS) is 16.5. The second-order valence-corrected chi connectivity index (χ2v) is 6.89. The highest BCUT2D eigenvalue weighted by Crippen LogP contribution is 2.44. The first-order valence-electron chi connectivity index (χ1n) is 6.15. The number of aliphatic hydroxyl groups excluding tert-OH is 1. The van der Waals surface area contributed by atoms with Gasteiger partial charge < -0.3 is 5.11 Å². The number of rotatable bonds is 4. The van der Waals surface area contributed by atoms with Crippen LogP contribution in [-0.4, -0.2) is 26.7 Å². The minimum atomic E-state index is -3.48. The van der Waals surface area contributed by atoms with Crippen molar-refractivity contribution in [3.8, 4) is 11.8 Å². The minimum absolute atomic E-state index is 0.126. The number of hydrogen-bond donors (Lipinski definition) is 2. The minimum Gasteiger partial charge on any atom is -0.384 e. The summed E-state index contributed by atoms with van der Waals surface area (Å²) in [6.07, 6.45) is 2.13. The zero-order chi connectivity index (χ0) is 13.9. The molecule has 1 aliphatic carbocycles. The van der Waals surface area contributed by atoms with E-state index in [0.717, 1.165) is 12.8 Å². The third-order valence-electron chi connectivity index (χ3n) is 3.25. The molecule has 1 fully saturated rings. The molecule has 0 spiro atoms. The van der Waals surface area contributed by atoms with Gasteiger partial charge in [-0.2, -0.15) is 0 Å². The van der Waals surface area contributed by atoms with Crippen LogP contribution in [0.2, 0.25) is 0 Å². The van der Waals surface area contributed by atoms with Crippen LogP contribution in [0.1, 0.15) is 25.3 Å². The van der Waals surface area contributed by atoms with Crippen molar-refractivity contribution in [1.29, 1.82) is 0 Å². The molecular formula is C14H17NO3S. The molecular weight excluding hydrogens is 262 g/mol. The molecule has 0 radical (unpaired) electrons. The topological polar surface area (TPSA) is 66.4 Å². The van der Waals surface area contributed by atoms with E-state index < -0.39 is 10.0 Å². The maximum Gasteiger partial charge on any atom is 0.240 e. The van der Waals surface area contributed by atoms with E-state index in [1.807, 2.05) is 0 Å². The summed E-state index contributed by atoms with van der Waals surface area (Å²) in [7, 11) is -3.48. The number of nitrogens with one attached hydrogen (secondary N) is 1. The smallest absolute Gasteiger partial charge is 0.240 e. The third kappa shape index (κ3) is 3.80. The van der Waals surface area contributed by atoms with Crippen molar-refractivity contribution in [2.45, 2.75) is 24.7 Å². The highest BCUT2D eigenvalue weighted by atomic mass is 32.2. The van der Waals surface area contributed by atoms with Crippen LogP contribution < -0.4 is 4.72 Å². The molecule has 0 unspecified atom stereocenters. The Balaban J connectivity index is 2.15. The molecule has 2 N–H and O–H groups in total. The molecule has 0 aliphatic heterocycles. The molecule has 0 heterocycles. The maximum atomic E-state index is 12.1. The molecule has 0 amide bonds. The van der Waals surface area contributed by atoms with E-state index in [2.05, 4.69) is 23.5 Å². The van der Waals surface area contributed by atoms with Crippen molar-refractivity contribution in [3.05, 3.63) is 29.8 Å². The van der Waals surface area contributed by atoms with Crippen molar-refractivity contribution in [2.75, 3.05) is 13.2 Å². The van der Waals surface area contributed by atoms with Gasteiger partial charge in [0.2, 0.25) is 10.0 Å². The Bertz CT molecular complexity index is 622. The van der Waals surface area contributed by atoms with Gasteiger partial charge in [0.05, 0.1) is 4.90 Å². The van der Waals surface area contributed by atoms with E-state index in [-0.39, 0.29) is 16.9 Å². The fraction of sp³-hybridized carbons (Fsp3) is 0.429. The van der Waals surface area contributed by atoms with Gasteiger partial charge in [0.1, 0.15) is 6.61 Å². The Hall–Kier alpha value is -1.35. The zero-order valence-corrected chi connectivity index (χ0v) is 11.6. The van der Waals surface area contributed by atoms with E-state index in [1.165, 1.54) is 6.07 Å². The third-order valence-corrected chi connectivity index (χ3v) is 4.65. The lowest BCUT2D eigenvalue weighted by molar-refractivity contribution is 0.350. The molecule has 5 heteroatoms. The summed E-state index contributed by atoms with van der Waals surface area (Å²) in [5, 5.41) is 8.63. The number of hydrogen-bond acceptors (Lipinski definition) is 3. The van der Waals surface area contributed by atoms with Crippen molar-refractivity contribution in [2.24, 2.45) is 5.41 Å². The monoisotopic (exact) mass is 279 g/mol. The Labute approximate surface area is 113 Å². The van der Waals surface area contributed by atoms with Gasteiger partial charge in [0, 0.05) is 12.1 Å². The Morgan fingerprint density at radius 3 is 2.79 bits per heavy atom. The molecule has 19 heavy (non-hydrogen) atoms. The fourth-order valence-corrected chi connectivity index (χ4v) is 2.87. The van der Waals surface area contributed by atoms with Gasteiger partial charge in [-0.1, -0.05) is 24.8 Å². The van der Waals surface area contributed by atoms with Crippen molar-refractivity contribution < 1.29 is 13.5 Å². The van der Waals surface area contributed by atoms with E-state index in [4.69, 9.17) is 5.11 Å². The molecule has 0 aromatic heterocycles. The lowest BCUT2D eigenvalue weighted by atomic mass is 10.2. The molecule has 4 nitrogen and oxygen atoms in total. The van der Waals surface area contributed by atoms with Gasteiger partial charge in [0.15, 0.2) is 0 Å². The Kier molecular flexibility index (Phi) is 3.95. The molecule has 1 aromatic rings. The van der Waals surface area contributed by atoms with Gasteiger partial charge in [-0.3, -0.25) is 0 Å². The number of sulfonamides is 1. The summed E-state index contributed by atoms with van der Waals surface area (Å²) >= 11 is 0. The summed E-state index contributed by atoms with van der Waals surface area (Å²) in [4.78, 5) is 0.210. The average Bonchev–Trinajstić information content (AvgIpc) is 3.13. The summed E-state index contributed by atoms with van der Waals surface area (Å²) in [5.74, 6) is 5.20. The van der Waals surface area contributed by atoms with Crippen LogP contribution in [0.25, 0.3) is 0 Å². The molecule has 0 bridgehead atoms. The van der Waals surface area contributed by atoms with Gasteiger partial charge in [-0.05, 0) is 36.5 Å². The predicted octanol–water partition coefficient (Wildman–Crippen LogP) is 1.11. The summed E-state index contributed by atoms with van der Waals surface area (Å²) in [6, 6.07) is 6.42. The highest BCUT2D eigenvalue weighted by Gasteiger charge is 2.38. The van der Waals surface area contributed by atoms with Crippen molar-refractivity contribution in [1.82, 2.24) is 4.72 Å². The molecule has 1 aliphatic rings. The molecule has 102 valence electrons. The van der Waals surface area contributed by atoms with Gasteiger partial charge in [-0.15, -0.1) is 0 Å². The van der Waals surface area contributed by atoms with Crippen LogP contribution in [0.4, 0.5) is 0 Å². The zero-order valence-electron chi connectivity index (χ0n) is 10.8. The highest BCUT2D eigenvalue weighted by molar-refractivity contribution is 7.89. The Morgan fingerprint density at radius 1 is 1.42 bits per heavy atom. The van der Waals surface area contributed by atoms with Crippen molar-refractivity contribution >= 4 is 10.0 Å². The second kappa shape index (κ2) is 5.33. The SMILES string of the molecule is CC1(CNS(=O)(=O)c2cccc(C#CCO)c2)CC1. The summed E-state index contributed by atoms with van der Waals surface area (Å²) < 4.78 is 26.9. The van der Waals surface area contributed by atoms with Crippen LogP contribution in [-0.2, 0) is 10.0 Å². The van der Waals surface area contributed by atoms with Crippen LogP contribution in [0.15, 0.2) is 29.2 Å². The quantitative estimate of drug-likeness (QED) is 0.811. The van der Waals surface area contributed by atoms with Gasteiger partial charge in [0.25, 0.3) is 0 Å². The first kappa shape index (κ1) is 14.1. The Morgan fingerprint density at radius 2 is 2.16 bits per heavy atom. The van der Waals surface area contributed by atoms with Crippen LogP contribution in [0.3, 0.4) is 0 Å². The predicted molar refractivity (Wildman–Crippen MR) is 72.9 cm³/mol. The maximum absolute atomic E-state index is 12.1. The fourth-order valence-electron chi connectivity index (χ4n) is 1.63. The molecule has 1 aromatic carbocycles. The standard InChI is InChI=1S/C14H17NO3S/c1-14(7-8-14)11-15-19(17,18)13-6-2-4-12(10-13)5-3-9-16/h2,4,6,10,15-16H,7-9,11H2,1H3. The van der Waals surface area contributed by atoms with E-state index in [1.54, 1.807) is 18.2 Å². The van der Waals surface area contributed by atoms with Gasteiger partial charge >= 0.3 is 0 Å². The average molecular weight is 279 g/mol. The van der Waals surface area contributed by atoms with Crippen LogP contribution >= 0.6 is 0 Å². The second-order valence-electron chi connectivity index (χ2n) is 5.12. The summed E-state index contributed by atoms with van der Waals surface area (Å²) in [5.41, 5.74) is 0.705. The van der Waals surface area contributed by atoms with Crippen LogP contribution in [0.5, 0.6) is 0 Å². The molecule has 1 saturated carbocycles. The van der Waals surface area contributed by atoms with Crippen LogP contribution in [0, 0.1) is 17.3 Å². The van der Waals surface area contributed by atoms with E-state index in [9.17, 15) is 8.42 Å². The summed E-state index contributed by atoms with van der Waals surface area (Å²) in [6.45, 7) is 2.30. The number of aliphatic hydroxyl groups is 1. The molecule has 2 rings (SSSR count). The number of benzene rings is 1. The van der Waals surface area contributed by atoms with Crippen molar-refractivity contribution in [3.63, 3.8) is 0 Å². The largest absolute Gasteiger partial charge is 0.384 e. The lowest BCUT2D eigenvalue weighted by Gasteiger charge is -2.11.